The third kappa shape index (κ3) is 4.14. The van der Waals surface area contributed by atoms with Gasteiger partial charge in [0.05, 0.1) is 0 Å². The molecule has 4 heterocycles. The number of carbonyl (C=O) groups excluding carboxylic acids is 2. The lowest BCUT2D eigenvalue weighted by Crippen LogP contribution is -2.71. The number of thioether (sulfide) groups is 1. The van der Waals surface area contributed by atoms with Crippen molar-refractivity contribution in [3.8, 4) is 0 Å². The SMILES string of the molecule is CON=C(C(=O)NC1C(=O)N2C(C(=O)O)=C(C[n+]3cccc4c3CCC4)CSC12)c1csc(N)n1. The number of nitrogens with zero attached hydrogens (tertiary/aromatic N) is 4. The maximum absolute atomic E-state index is 13.0. The van der Waals surface area contributed by atoms with Gasteiger partial charge >= 0.3 is 5.97 Å². The van der Waals surface area contributed by atoms with Gasteiger partial charge in [-0.15, -0.1) is 23.1 Å². The van der Waals surface area contributed by atoms with Crippen molar-refractivity contribution in [1.82, 2.24) is 15.2 Å². The number of aromatic nitrogens is 2. The van der Waals surface area contributed by atoms with E-state index in [9.17, 15) is 19.5 Å². The van der Waals surface area contributed by atoms with Crippen molar-refractivity contribution < 1.29 is 28.9 Å². The van der Waals surface area contributed by atoms with E-state index in [0.717, 1.165) is 30.6 Å². The van der Waals surface area contributed by atoms with Gasteiger partial charge in [-0.05, 0) is 18.9 Å². The first-order valence-corrected chi connectivity index (χ1v) is 12.9. The number of nitrogens with two attached hydrogens (primary N) is 1. The fourth-order valence-electron chi connectivity index (χ4n) is 4.67. The molecule has 1 fully saturated rings. The molecule has 1 aliphatic carbocycles. The summed E-state index contributed by atoms with van der Waals surface area (Å²) >= 11 is 2.57. The molecule has 35 heavy (non-hydrogen) atoms. The molecule has 2 atom stereocenters. The summed E-state index contributed by atoms with van der Waals surface area (Å²) in [6, 6.07) is 3.18. The summed E-state index contributed by atoms with van der Waals surface area (Å²) in [6.07, 6.45) is 5.01. The minimum Gasteiger partial charge on any atom is -0.477 e. The molecule has 13 heteroatoms. The Bertz CT molecular complexity index is 1290. The van der Waals surface area contributed by atoms with Crippen molar-refractivity contribution in [2.24, 2.45) is 5.16 Å². The third-order valence-corrected chi connectivity index (χ3v) is 8.21. The number of carboxylic acids is 1. The lowest BCUT2D eigenvalue weighted by Gasteiger charge is -2.49. The monoisotopic (exact) mass is 515 g/mol. The van der Waals surface area contributed by atoms with Gasteiger partial charge in [-0.1, -0.05) is 5.16 Å². The minimum atomic E-state index is -1.16. The fraction of sp³-hybridized carbons (Fsp3) is 0.364. The number of β-lactam (4-membered cyclic amide) rings is 1. The zero-order chi connectivity index (χ0) is 24.7. The highest BCUT2D eigenvalue weighted by Crippen LogP contribution is 2.40. The van der Waals surface area contributed by atoms with Crippen LogP contribution in [0.1, 0.15) is 23.4 Å². The normalized spacial score (nSPS) is 21.3. The van der Waals surface area contributed by atoms with Gasteiger partial charge in [-0.3, -0.25) is 14.5 Å². The zero-order valence-corrected chi connectivity index (χ0v) is 20.4. The van der Waals surface area contributed by atoms with E-state index < -0.39 is 29.2 Å². The lowest BCUT2D eigenvalue weighted by atomic mass is 10.0. The number of aryl methyl sites for hydroxylation is 1. The van der Waals surface area contributed by atoms with Crippen molar-refractivity contribution in [1.29, 1.82) is 0 Å². The minimum absolute atomic E-state index is 0.00888. The van der Waals surface area contributed by atoms with Gasteiger partial charge in [0.25, 0.3) is 11.8 Å². The van der Waals surface area contributed by atoms with Crippen LogP contribution >= 0.6 is 23.1 Å². The summed E-state index contributed by atoms with van der Waals surface area (Å²) < 4.78 is 2.08. The number of aliphatic carboxylic acids is 1. The Labute approximate surface area is 208 Å². The van der Waals surface area contributed by atoms with E-state index in [4.69, 9.17) is 10.6 Å². The number of oxime groups is 1. The molecular weight excluding hydrogens is 492 g/mol. The lowest BCUT2D eigenvalue weighted by molar-refractivity contribution is -0.696. The van der Waals surface area contributed by atoms with Crippen molar-refractivity contribution in [2.45, 2.75) is 37.2 Å². The predicted octanol–water partition coefficient (Wildman–Crippen LogP) is 0.291. The third-order valence-electron chi connectivity index (χ3n) is 6.20. The number of thiazole rings is 1. The van der Waals surface area contributed by atoms with Gasteiger partial charge in [0.1, 0.15) is 29.9 Å². The van der Waals surface area contributed by atoms with Crippen molar-refractivity contribution in [2.75, 3.05) is 18.6 Å². The van der Waals surface area contributed by atoms with Crippen LogP contribution in [0.2, 0.25) is 0 Å². The van der Waals surface area contributed by atoms with E-state index in [0.29, 0.717) is 17.9 Å². The van der Waals surface area contributed by atoms with E-state index in [1.165, 1.54) is 35.0 Å². The molecule has 2 aromatic rings. The molecule has 11 nitrogen and oxygen atoms in total. The topological polar surface area (TPSA) is 151 Å². The van der Waals surface area contributed by atoms with E-state index >= 15 is 0 Å². The molecule has 0 spiro atoms. The van der Waals surface area contributed by atoms with E-state index in [1.807, 2.05) is 12.3 Å². The number of carboxylic acid groups (broad SMARTS) is 1. The smallest absolute Gasteiger partial charge is 0.352 e. The average Bonchev–Trinajstić information content (AvgIpc) is 3.49. The van der Waals surface area contributed by atoms with Crippen LogP contribution in [0.15, 0.2) is 40.1 Å². The molecule has 3 aliphatic rings. The number of hydrogen-bond donors (Lipinski definition) is 3. The first-order chi connectivity index (χ1) is 16.9. The van der Waals surface area contributed by atoms with Crippen molar-refractivity contribution in [3.63, 3.8) is 0 Å². The molecule has 4 N–H and O–H groups in total. The Kier molecular flexibility index (Phi) is 6.19. The average molecular weight is 516 g/mol. The zero-order valence-electron chi connectivity index (χ0n) is 18.8. The number of pyridine rings is 1. The van der Waals surface area contributed by atoms with Crippen LogP contribution in [0.4, 0.5) is 5.13 Å². The Morgan fingerprint density at radius 2 is 2.26 bits per heavy atom. The van der Waals surface area contributed by atoms with Crippen LogP contribution in [-0.2, 0) is 38.6 Å². The first-order valence-electron chi connectivity index (χ1n) is 10.9. The maximum Gasteiger partial charge on any atom is 0.352 e. The van der Waals surface area contributed by atoms with E-state index in [1.54, 1.807) is 5.38 Å². The van der Waals surface area contributed by atoms with Crippen LogP contribution in [0.25, 0.3) is 0 Å². The summed E-state index contributed by atoms with van der Waals surface area (Å²) in [6.45, 7) is 0.404. The number of carbonyl (C=O) groups is 3. The quantitative estimate of drug-likeness (QED) is 0.206. The van der Waals surface area contributed by atoms with Crippen LogP contribution < -0.4 is 15.6 Å². The summed E-state index contributed by atoms with van der Waals surface area (Å²) in [4.78, 5) is 48.2. The molecule has 2 amide bonds. The summed E-state index contributed by atoms with van der Waals surface area (Å²) in [5, 5.41) is 17.7. The summed E-state index contributed by atoms with van der Waals surface area (Å²) in [7, 11) is 1.29. The Morgan fingerprint density at radius 1 is 1.43 bits per heavy atom. The predicted molar refractivity (Wildman–Crippen MR) is 128 cm³/mol. The second-order valence-electron chi connectivity index (χ2n) is 8.27. The molecule has 182 valence electrons. The van der Waals surface area contributed by atoms with Gasteiger partial charge < -0.3 is 21.0 Å². The van der Waals surface area contributed by atoms with Gasteiger partial charge in [0.15, 0.2) is 29.3 Å². The highest BCUT2D eigenvalue weighted by molar-refractivity contribution is 8.00. The van der Waals surface area contributed by atoms with Gasteiger partial charge in [0, 0.05) is 34.8 Å². The van der Waals surface area contributed by atoms with E-state index in [2.05, 4.69) is 26.1 Å². The summed E-state index contributed by atoms with van der Waals surface area (Å²) in [5.74, 6) is -1.86. The Balaban J connectivity index is 1.36. The number of fused-ring (bicyclic) bond motifs is 2. The van der Waals surface area contributed by atoms with Gasteiger partial charge in [-0.25, -0.2) is 9.78 Å². The second-order valence-corrected chi connectivity index (χ2v) is 10.3. The molecule has 0 radical (unpaired) electrons. The standard InChI is InChI=1S/C22H22N6O5S2/c1-33-26-15(13-10-35-22(23)24-13)18(29)25-16-19(30)28-17(21(31)32)12(9-34-20(16)28)8-27-7-3-5-11-4-2-6-14(11)27/h3,5,7,10,16,20H,2,4,6,8-9H2,1H3,(H3-,23,24,25,29,31,32)/p+1. The molecular formula is C22H23N6O5S2+. The number of anilines is 1. The molecule has 5 rings (SSSR count). The fourth-order valence-corrected chi connectivity index (χ4v) is 6.56. The molecule has 2 aliphatic heterocycles. The molecule has 0 aromatic carbocycles. The first kappa shape index (κ1) is 23.3. The summed E-state index contributed by atoms with van der Waals surface area (Å²) in [5.41, 5.74) is 8.92. The number of amides is 2. The van der Waals surface area contributed by atoms with Gasteiger partial charge in [-0.2, -0.15) is 4.57 Å². The molecule has 1 saturated heterocycles. The maximum atomic E-state index is 13.0. The van der Waals surface area contributed by atoms with Crippen LogP contribution in [-0.4, -0.2) is 62.8 Å². The van der Waals surface area contributed by atoms with Crippen LogP contribution in [0.5, 0.6) is 0 Å². The highest BCUT2D eigenvalue weighted by Gasteiger charge is 2.55. The molecule has 2 unspecified atom stereocenters. The largest absolute Gasteiger partial charge is 0.477 e. The van der Waals surface area contributed by atoms with Crippen molar-refractivity contribution in [3.05, 3.63) is 51.9 Å². The van der Waals surface area contributed by atoms with Crippen LogP contribution in [0, 0.1) is 0 Å². The van der Waals surface area contributed by atoms with E-state index in [-0.39, 0.29) is 22.2 Å². The number of rotatable bonds is 7. The van der Waals surface area contributed by atoms with Crippen LogP contribution in [0.3, 0.4) is 0 Å². The molecule has 2 aromatic heterocycles. The molecule has 0 saturated carbocycles. The Hall–Kier alpha value is -3.45. The number of hydrogen-bond acceptors (Lipinski definition) is 9. The highest BCUT2D eigenvalue weighted by atomic mass is 32.2. The van der Waals surface area contributed by atoms with Gasteiger partial charge in [0.2, 0.25) is 0 Å². The Morgan fingerprint density at radius 3 is 2.97 bits per heavy atom. The molecule has 0 bridgehead atoms. The second kappa shape index (κ2) is 9.30. The number of nitrogens with one attached hydrogen (secondary N) is 1. The van der Waals surface area contributed by atoms with Crippen molar-refractivity contribution >= 4 is 51.7 Å². The number of nitrogen functional groups attached to an aromatic ring is 1.